The van der Waals surface area contributed by atoms with Crippen LogP contribution < -0.4 is 9.83 Å². The second kappa shape index (κ2) is 6.83. The highest BCUT2D eigenvalue weighted by atomic mass is 32.2. The summed E-state index contributed by atoms with van der Waals surface area (Å²) in [5.41, 5.74) is 3.10. The van der Waals surface area contributed by atoms with E-state index in [9.17, 15) is 18.3 Å². The first kappa shape index (κ1) is 17.0. The molecule has 0 spiro atoms. The van der Waals surface area contributed by atoms with E-state index in [4.69, 9.17) is 0 Å². The topological polar surface area (TPSA) is 86.3 Å². The lowest BCUT2D eigenvalue weighted by Gasteiger charge is -2.12. The maximum absolute atomic E-state index is 12.4. The molecule has 0 aromatic heterocycles. The van der Waals surface area contributed by atoms with E-state index < -0.39 is 16.0 Å². The summed E-state index contributed by atoms with van der Waals surface area (Å²) < 4.78 is 27.4. The quantitative estimate of drug-likeness (QED) is 0.874. The van der Waals surface area contributed by atoms with Crippen LogP contribution in [0.3, 0.4) is 0 Å². The van der Waals surface area contributed by atoms with Gasteiger partial charge in [-0.1, -0.05) is 24.3 Å². The molecule has 23 heavy (non-hydrogen) atoms. The average molecular weight is 332 g/mol. The third-order valence-corrected chi connectivity index (χ3v) is 4.87. The maximum atomic E-state index is 12.4. The highest BCUT2D eigenvalue weighted by Crippen LogP contribution is 2.21. The Morgan fingerprint density at radius 3 is 2.35 bits per heavy atom. The van der Waals surface area contributed by atoms with Crippen molar-refractivity contribution >= 4 is 21.7 Å². The standard InChI is InChI=1S/C17H19NO4S/c1-12-3-4-13(2)16(11-12)18-23(21,22)15-8-5-14(6-9-15)7-10-17(19)20/h3-6,8-9,11,18H,7,10H2,1-2H3,(H,19,20)/p-1. The van der Waals surface area contributed by atoms with Gasteiger partial charge >= 0.3 is 0 Å². The van der Waals surface area contributed by atoms with Crippen LogP contribution in [0.25, 0.3) is 0 Å². The molecule has 0 fully saturated rings. The first-order valence-corrected chi connectivity index (χ1v) is 8.65. The molecule has 0 saturated carbocycles. The van der Waals surface area contributed by atoms with Crippen LogP contribution in [0.1, 0.15) is 23.1 Å². The van der Waals surface area contributed by atoms with Gasteiger partial charge in [0, 0.05) is 5.97 Å². The van der Waals surface area contributed by atoms with Gasteiger partial charge in [0.15, 0.2) is 0 Å². The Hall–Kier alpha value is -2.34. The van der Waals surface area contributed by atoms with Gasteiger partial charge in [-0.3, -0.25) is 4.72 Å². The summed E-state index contributed by atoms with van der Waals surface area (Å²) in [6.45, 7) is 3.73. The van der Waals surface area contributed by atoms with Crippen LogP contribution >= 0.6 is 0 Å². The Morgan fingerprint density at radius 2 is 1.74 bits per heavy atom. The molecular formula is C17H18NO4S-. The maximum Gasteiger partial charge on any atom is 0.261 e. The zero-order chi connectivity index (χ0) is 17.0. The molecule has 0 radical (unpaired) electrons. The molecular weight excluding hydrogens is 314 g/mol. The van der Waals surface area contributed by atoms with Gasteiger partial charge in [0.25, 0.3) is 10.0 Å². The van der Waals surface area contributed by atoms with Gasteiger partial charge in [0.1, 0.15) is 0 Å². The largest absolute Gasteiger partial charge is 0.550 e. The highest BCUT2D eigenvalue weighted by molar-refractivity contribution is 7.92. The smallest absolute Gasteiger partial charge is 0.261 e. The molecule has 0 bridgehead atoms. The van der Waals surface area contributed by atoms with Crippen LogP contribution in [0, 0.1) is 13.8 Å². The van der Waals surface area contributed by atoms with E-state index in [1.165, 1.54) is 12.1 Å². The summed E-state index contributed by atoms with van der Waals surface area (Å²) in [4.78, 5) is 10.6. The fourth-order valence-electron chi connectivity index (χ4n) is 2.13. The van der Waals surface area contributed by atoms with Crippen LogP contribution in [-0.4, -0.2) is 14.4 Å². The van der Waals surface area contributed by atoms with Crippen molar-refractivity contribution in [3.05, 3.63) is 59.2 Å². The second-order valence-electron chi connectivity index (χ2n) is 5.44. The zero-order valence-electron chi connectivity index (χ0n) is 13.0. The van der Waals surface area contributed by atoms with E-state index in [0.29, 0.717) is 12.1 Å². The summed E-state index contributed by atoms with van der Waals surface area (Å²) >= 11 is 0. The monoisotopic (exact) mass is 332 g/mol. The molecule has 0 heterocycles. The molecule has 2 aromatic carbocycles. The summed E-state index contributed by atoms with van der Waals surface area (Å²) in [7, 11) is -3.68. The van der Waals surface area contributed by atoms with Crippen molar-refractivity contribution in [1.82, 2.24) is 0 Å². The number of carboxylic acids is 1. The normalized spacial score (nSPS) is 11.2. The van der Waals surface area contributed by atoms with Crippen molar-refractivity contribution in [2.45, 2.75) is 31.6 Å². The molecule has 0 aliphatic rings. The fraction of sp³-hybridized carbons (Fsp3) is 0.235. The molecule has 5 nitrogen and oxygen atoms in total. The van der Waals surface area contributed by atoms with E-state index in [1.54, 1.807) is 18.2 Å². The second-order valence-corrected chi connectivity index (χ2v) is 7.12. The van der Waals surface area contributed by atoms with Crippen molar-refractivity contribution in [3.63, 3.8) is 0 Å². The Morgan fingerprint density at radius 1 is 1.09 bits per heavy atom. The number of hydrogen-bond donors (Lipinski definition) is 1. The van der Waals surface area contributed by atoms with E-state index >= 15 is 0 Å². The number of carbonyl (C=O) groups is 1. The van der Waals surface area contributed by atoms with Crippen LogP contribution in [-0.2, 0) is 21.2 Å². The number of aliphatic carboxylic acids is 1. The molecule has 0 atom stereocenters. The number of sulfonamides is 1. The van der Waals surface area contributed by atoms with Crippen molar-refractivity contribution in [2.75, 3.05) is 4.72 Å². The lowest BCUT2D eigenvalue weighted by Crippen LogP contribution is -2.22. The Bertz CT molecular complexity index is 811. The lowest BCUT2D eigenvalue weighted by molar-refractivity contribution is -0.305. The molecule has 2 aromatic rings. The van der Waals surface area contributed by atoms with Crippen molar-refractivity contribution in [2.24, 2.45) is 0 Å². The minimum absolute atomic E-state index is 0.0904. The van der Waals surface area contributed by atoms with Gasteiger partial charge in [-0.25, -0.2) is 8.42 Å². The van der Waals surface area contributed by atoms with Gasteiger partial charge < -0.3 is 9.90 Å². The van der Waals surface area contributed by atoms with Gasteiger partial charge in [0.2, 0.25) is 0 Å². The first-order valence-electron chi connectivity index (χ1n) is 7.17. The number of anilines is 1. The van der Waals surface area contributed by atoms with Gasteiger partial charge in [0.05, 0.1) is 10.6 Å². The molecule has 2 rings (SSSR count). The van der Waals surface area contributed by atoms with E-state index in [0.717, 1.165) is 16.7 Å². The SMILES string of the molecule is Cc1ccc(C)c(NS(=O)(=O)c2ccc(CCC(=O)[O-])cc2)c1. The number of benzene rings is 2. The Balaban J connectivity index is 2.19. The summed E-state index contributed by atoms with van der Waals surface area (Å²) in [6, 6.07) is 11.7. The molecule has 6 heteroatoms. The molecule has 0 amide bonds. The van der Waals surface area contributed by atoms with E-state index in [1.807, 2.05) is 26.0 Å². The highest BCUT2D eigenvalue weighted by Gasteiger charge is 2.15. The number of rotatable bonds is 6. The fourth-order valence-corrected chi connectivity index (χ4v) is 3.25. The van der Waals surface area contributed by atoms with Gasteiger partial charge in [-0.15, -0.1) is 0 Å². The zero-order valence-corrected chi connectivity index (χ0v) is 13.8. The predicted octanol–water partition coefficient (Wildman–Crippen LogP) is 1.79. The van der Waals surface area contributed by atoms with Crippen LogP contribution in [0.15, 0.2) is 47.4 Å². The van der Waals surface area contributed by atoms with Crippen LogP contribution in [0.2, 0.25) is 0 Å². The number of aryl methyl sites for hydroxylation is 3. The minimum Gasteiger partial charge on any atom is -0.550 e. The molecule has 0 saturated heterocycles. The number of carboxylic acid groups (broad SMARTS) is 1. The van der Waals surface area contributed by atoms with Gasteiger partial charge in [-0.05, 0) is 61.6 Å². The molecule has 122 valence electrons. The minimum atomic E-state index is -3.68. The number of nitrogens with one attached hydrogen (secondary N) is 1. The molecule has 1 N–H and O–H groups in total. The number of carbonyl (C=O) groups excluding carboxylic acids is 1. The van der Waals surface area contributed by atoms with E-state index in [-0.39, 0.29) is 11.3 Å². The third-order valence-electron chi connectivity index (χ3n) is 3.49. The average Bonchev–Trinajstić information content (AvgIpc) is 2.49. The third kappa shape index (κ3) is 4.56. The van der Waals surface area contributed by atoms with Crippen LogP contribution in [0.4, 0.5) is 5.69 Å². The summed E-state index contributed by atoms with van der Waals surface area (Å²) in [6.07, 6.45) is 0.222. The first-order chi connectivity index (χ1) is 10.8. The number of hydrogen-bond acceptors (Lipinski definition) is 4. The van der Waals surface area contributed by atoms with Crippen LogP contribution in [0.5, 0.6) is 0 Å². The Labute approximate surface area is 136 Å². The van der Waals surface area contributed by atoms with E-state index in [2.05, 4.69) is 4.72 Å². The summed E-state index contributed by atoms with van der Waals surface area (Å²) in [5, 5.41) is 10.4. The van der Waals surface area contributed by atoms with Crippen molar-refractivity contribution in [1.29, 1.82) is 0 Å². The molecule has 0 unspecified atom stereocenters. The molecule has 0 aliphatic heterocycles. The Kier molecular flexibility index (Phi) is 5.05. The lowest BCUT2D eigenvalue weighted by atomic mass is 10.1. The van der Waals surface area contributed by atoms with Gasteiger partial charge in [-0.2, -0.15) is 0 Å². The summed E-state index contributed by atoms with van der Waals surface area (Å²) in [5.74, 6) is -1.13. The predicted molar refractivity (Wildman–Crippen MR) is 86.5 cm³/mol. The van der Waals surface area contributed by atoms with Crippen molar-refractivity contribution in [3.8, 4) is 0 Å². The van der Waals surface area contributed by atoms with Crippen molar-refractivity contribution < 1.29 is 18.3 Å². The molecule has 0 aliphatic carbocycles.